The summed E-state index contributed by atoms with van der Waals surface area (Å²) in [7, 11) is 1.58. The Hall–Kier alpha value is -2.76. The van der Waals surface area contributed by atoms with Crippen molar-refractivity contribution in [3.05, 3.63) is 46.8 Å². The van der Waals surface area contributed by atoms with Crippen molar-refractivity contribution in [1.29, 1.82) is 0 Å². The molecule has 2 rings (SSSR count). The molecule has 0 amide bonds. The van der Waals surface area contributed by atoms with Crippen LogP contribution in [0.2, 0.25) is 0 Å². The maximum atomic E-state index is 12.8. The number of methoxy groups -OCH3 is 1. The molecule has 2 aromatic rings. The lowest BCUT2D eigenvalue weighted by Crippen LogP contribution is -2.27. The standard InChI is InChI=1S/C19H24N2O4/c1-6-25-19(23)16-11(2)17(21-12(16)3)18(22)13(4)20-14-9-7-8-10-15(14)24-5/h7-10,13,20-21H,6H2,1-5H3/t13-/m1/s1. The lowest BCUT2D eigenvalue weighted by Gasteiger charge is -2.16. The smallest absolute Gasteiger partial charge is 0.340 e. The van der Waals surface area contributed by atoms with Crippen molar-refractivity contribution in [1.82, 2.24) is 4.98 Å². The van der Waals surface area contributed by atoms with Crippen molar-refractivity contribution in [3.8, 4) is 5.75 Å². The molecule has 0 saturated heterocycles. The van der Waals surface area contributed by atoms with Gasteiger partial charge in [-0.05, 0) is 45.4 Å². The fourth-order valence-electron chi connectivity index (χ4n) is 2.79. The summed E-state index contributed by atoms with van der Waals surface area (Å²) in [6.07, 6.45) is 0. The third-order valence-electron chi connectivity index (χ3n) is 4.04. The Morgan fingerprint density at radius 2 is 1.92 bits per heavy atom. The second kappa shape index (κ2) is 7.88. The quantitative estimate of drug-likeness (QED) is 0.593. The highest BCUT2D eigenvalue weighted by molar-refractivity contribution is 6.04. The predicted octanol–water partition coefficient (Wildman–Crippen LogP) is 3.50. The number of H-pyrrole nitrogens is 1. The molecule has 0 aliphatic carbocycles. The number of hydrogen-bond donors (Lipinski definition) is 2. The third-order valence-corrected chi connectivity index (χ3v) is 4.04. The van der Waals surface area contributed by atoms with Crippen LogP contribution in [0.5, 0.6) is 5.75 Å². The second-order valence-electron chi connectivity index (χ2n) is 5.78. The van der Waals surface area contributed by atoms with Crippen LogP contribution < -0.4 is 10.1 Å². The van der Waals surface area contributed by atoms with Crippen LogP contribution in [0.1, 0.15) is 46.0 Å². The molecule has 0 fully saturated rings. The molecule has 1 heterocycles. The number of aromatic nitrogens is 1. The molecule has 134 valence electrons. The Morgan fingerprint density at radius 1 is 1.24 bits per heavy atom. The molecule has 1 aromatic heterocycles. The summed E-state index contributed by atoms with van der Waals surface area (Å²) in [5.74, 6) is 0.106. The number of ketones is 1. The van der Waals surface area contributed by atoms with Crippen molar-refractivity contribution in [2.45, 2.75) is 33.7 Å². The van der Waals surface area contributed by atoms with E-state index in [4.69, 9.17) is 9.47 Å². The van der Waals surface area contributed by atoms with Gasteiger partial charge in [-0.1, -0.05) is 12.1 Å². The van der Waals surface area contributed by atoms with E-state index in [1.807, 2.05) is 24.3 Å². The van der Waals surface area contributed by atoms with E-state index < -0.39 is 12.0 Å². The number of rotatable bonds is 7. The number of hydrogen-bond acceptors (Lipinski definition) is 5. The number of Topliss-reactive ketones (excluding diaryl/α,β-unsaturated/α-hetero) is 1. The van der Waals surface area contributed by atoms with Gasteiger partial charge in [0.2, 0.25) is 5.78 Å². The molecule has 25 heavy (non-hydrogen) atoms. The average molecular weight is 344 g/mol. The van der Waals surface area contributed by atoms with Crippen molar-refractivity contribution in [3.63, 3.8) is 0 Å². The number of carbonyl (C=O) groups excluding carboxylic acids is 2. The number of carbonyl (C=O) groups is 2. The number of benzene rings is 1. The third kappa shape index (κ3) is 3.84. The van der Waals surface area contributed by atoms with E-state index in [1.54, 1.807) is 34.8 Å². The number of nitrogens with one attached hydrogen (secondary N) is 2. The summed E-state index contributed by atoms with van der Waals surface area (Å²) in [5.41, 5.74) is 2.81. The number of anilines is 1. The monoisotopic (exact) mass is 344 g/mol. The first kappa shape index (κ1) is 18.6. The minimum absolute atomic E-state index is 0.137. The van der Waals surface area contributed by atoms with Crippen molar-refractivity contribution in [2.24, 2.45) is 0 Å². The molecule has 0 spiro atoms. The van der Waals surface area contributed by atoms with E-state index in [2.05, 4.69) is 10.3 Å². The van der Waals surface area contributed by atoms with E-state index in [9.17, 15) is 9.59 Å². The van der Waals surface area contributed by atoms with E-state index in [1.165, 1.54) is 0 Å². The van der Waals surface area contributed by atoms with Crippen LogP contribution in [0, 0.1) is 13.8 Å². The maximum absolute atomic E-state index is 12.8. The normalized spacial score (nSPS) is 11.7. The molecule has 0 radical (unpaired) electrons. The number of aryl methyl sites for hydroxylation is 1. The summed E-state index contributed by atoms with van der Waals surface area (Å²) in [6.45, 7) is 7.32. The highest BCUT2D eigenvalue weighted by Gasteiger charge is 2.26. The highest BCUT2D eigenvalue weighted by atomic mass is 16.5. The van der Waals surface area contributed by atoms with Gasteiger partial charge in [0.1, 0.15) is 5.75 Å². The number of aromatic amines is 1. The van der Waals surface area contributed by atoms with Gasteiger partial charge in [-0.15, -0.1) is 0 Å². The van der Waals surface area contributed by atoms with Crippen LogP contribution in [-0.4, -0.2) is 36.5 Å². The fraction of sp³-hybridized carbons (Fsp3) is 0.368. The molecule has 1 atom stereocenters. The second-order valence-corrected chi connectivity index (χ2v) is 5.78. The zero-order chi connectivity index (χ0) is 18.6. The lowest BCUT2D eigenvalue weighted by molar-refractivity contribution is 0.0525. The highest BCUT2D eigenvalue weighted by Crippen LogP contribution is 2.25. The molecular weight excluding hydrogens is 320 g/mol. The summed E-state index contributed by atoms with van der Waals surface area (Å²) < 4.78 is 10.4. The molecule has 1 aromatic carbocycles. The first-order chi connectivity index (χ1) is 11.9. The fourth-order valence-corrected chi connectivity index (χ4v) is 2.79. The van der Waals surface area contributed by atoms with Gasteiger partial charge in [0.15, 0.2) is 0 Å². The average Bonchev–Trinajstić information content (AvgIpc) is 2.89. The van der Waals surface area contributed by atoms with Crippen LogP contribution in [0.25, 0.3) is 0 Å². The Labute approximate surface area is 147 Å². The molecule has 6 heteroatoms. The Bertz CT molecular complexity index is 780. The largest absolute Gasteiger partial charge is 0.495 e. The van der Waals surface area contributed by atoms with Crippen LogP contribution in [0.4, 0.5) is 5.69 Å². The zero-order valence-electron chi connectivity index (χ0n) is 15.2. The minimum atomic E-state index is -0.497. The molecule has 0 saturated carbocycles. The summed E-state index contributed by atoms with van der Waals surface area (Å²) in [5, 5.41) is 3.16. The zero-order valence-corrected chi connectivity index (χ0v) is 15.2. The van der Waals surface area contributed by atoms with Crippen molar-refractivity contribution < 1.29 is 19.1 Å². The minimum Gasteiger partial charge on any atom is -0.495 e. The molecule has 0 aliphatic heterocycles. The van der Waals surface area contributed by atoms with Gasteiger partial charge in [-0.2, -0.15) is 0 Å². The number of esters is 1. The Balaban J connectivity index is 2.25. The van der Waals surface area contributed by atoms with Crippen LogP contribution in [-0.2, 0) is 4.74 Å². The summed E-state index contributed by atoms with van der Waals surface area (Å²) in [4.78, 5) is 27.9. The summed E-state index contributed by atoms with van der Waals surface area (Å²) >= 11 is 0. The molecular formula is C19H24N2O4. The molecule has 0 bridgehead atoms. The Morgan fingerprint density at radius 3 is 2.56 bits per heavy atom. The van der Waals surface area contributed by atoms with Gasteiger partial charge in [0.25, 0.3) is 0 Å². The van der Waals surface area contributed by atoms with Crippen molar-refractivity contribution >= 4 is 17.4 Å². The maximum Gasteiger partial charge on any atom is 0.340 e. The first-order valence-electron chi connectivity index (χ1n) is 8.20. The van der Waals surface area contributed by atoms with Gasteiger partial charge < -0.3 is 19.8 Å². The number of ether oxygens (including phenoxy) is 2. The van der Waals surface area contributed by atoms with E-state index in [0.717, 1.165) is 5.69 Å². The topological polar surface area (TPSA) is 80.4 Å². The lowest BCUT2D eigenvalue weighted by atomic mass is 10.0. The Kier molecular flexibility index (Phi) is 5.85. The van der Waals surface area contributed by atoms with Crippen LogP contribution in [0.15, 0.2) is 24.3 Å². The van der Waals surface area contributed by atoms with Crippen LogP contribution in [0.3, 0.4) is 0 Å². The number of para-hydroxylation sites is 2. The molecule has 0 unspecified atom stereocenters. The van der Waals surface area contributed by atoms with E-state index in [0.29, 0.717) is 28.3 Å². The van der Waals surface area contributed by atoms with Gasteiger partial charge in [-0.25, -0.2) is 4.79 Å². The van der Waals surface area contributed by atoms with Gasteiger partial charge in [0, 0.05) is 5.69 Å². The molecule has 2 N–H and O–H groups in total. The van der Waals surface area contributed by atoms with E-state index >= 15 is 0 Å². The first-order valence-corrected chi connectivity index (χ1v) is 8.20. The van der Waals surface area contributed by atoms with Crippen LogP contribution >= 0.6 is 0 Å². The van der Waals surface area contributed by atoms with Gasteiger partial charge in [-0.3, -0.25) is 4.79 Å². The molecule has 0 aliphatic rings. The van der Waals surface area contributed by atoms with Gasteiger partial charge in [0.05, 0.1) is 36.7 Å². The van der Waals surface area contributed by atoms with Crippen molar-refractivity contribution in [2.75, 3.05) is 19.0 Å². The SMILES string of the molecule is CCOC(=O)c1c(C)[nH]c(C(=O)[C@@H](C)Nc2ccccc2OC)c1C. The van der Waals surface area contributed by atoms with Gasteiger partial charge >= 0.3 is 5.97 Å². The molecule has 6 nitrogen and oxygen atoms in total. The van der Waals surface area contributed by atoms with E-state index in [-0.39, 0.29) is 12.4 Å². The predicted molar refractivity (Wildman–Crippen MR) is 96.6 cm³/mol. The summed E-state index contributed by atoms with van der Waals surface area (Å²) in [6, 6.07) is 6.90.